The van der Waals surface area contributed by atoms with Crippen molar-refractivity contribution in [3.8, 4) is 10.6 Å². The Kier molecular flexibility index (Phi) is 5.85. The van der Waals surface area contributed by atoms with Crippen molar-refractivity contribution in [3.05, 3.63) is 59.4 Å². The summed E-state index contributed by atoms with van der Waals surface area (Å²) in [5.41, 5.74) is 2.49. The van der Waals surface area contributed by atoms with Crippen molar-refractivity contribution in [2.75, 3.05) is 7.11 Å². The average Bonchev–Trinajstić information content (AvgIpc) is 3.27. The zero-order valence-electron chi connectivity index (χ0n) is 14.5. The monoisotopic (exact) mass is 386 g/mol. The molecule has 134 valence electrons. The summed E-state index contributed by atoms with van der Waals surface area (Å²) in [6.07, 6.45) is 1.83. The van der Waals surface area contributed by atoms with Gasteiger partial charge in [-0.3, -0.25) is 0 Å². The van der Waals surface area contributed by atoms with Crippen molar-refractivity contribution < 1.29 is 9.53 Å². The van der Waals surface area contributed by atoms with Crippen molar-refractivity contribution in [3.63, 3.8) is 0 Å². The number of esters is 1. The molecule has 1 aromatic carbocycles. The summed E-state index contributed by atoms with van der Waals surface area (Å²) < 4.78 is 6.74. The quantitative estimate of drug-likeness (QED) is 0.348. The number of benzene rings is 1. The van der Waals surface area contributed by atoms with Gasteiger partial charge >= 0.3 is 5.97 Å². The van der Waals surface area contributed by atoms with Crippen LogP contribution in [0.1, 0.15) is 21.9 Å². The van der Waals surface area contributed by atoms with Crippen LogP contribution in [0.2, 0.25) is 0 Å². The van der Waals surface area contributed by atoms with E-state index in [1.165, 1.54) is 7.11 Å². The molecule has 3 rings (SSSR count). The van der Waals surface area contributed by atoms with Gasteiger partial charge in [0.15, 0.2) is 5.16 Å². The molecule has 0 aliphatic carbocycles. The normalized spacial score (nSPS) is 10.7. The van der Waals surface area contributed by atoms with E-state index in [0.29, 0.717) is 17.9 Å². The molecule has 0 N–H and O–H groups in total. The van der Waals surface area contributed by atoms with Crippen molar-refractivity contribution in [1.29, 1.82) is 0 Å². The van der Waals surface area contributed by atoms with E-state index in [1.807, 2.05) is 35.1 Å². The Hall–Kier alpha value is -2.45. The third kappa shape index (κ3) is 4.03. The summed E-state index contributed by atoms with van der Waals surface area (Å²) in [5.74, 6) is 1.25. The minimum absolute atomic E-state index is 0.341. The van der Waals surface area contributed by atoms with Crippen molar-refractivity contribution in [2.45, 2.75) is 24.4 Å². The van der Waals surface area contributed by atoms with E-state index >= 15 is 0 Å². The molecule has 0 saturated carbocycles. The highest BCUT2D eigenvalue weighted by Gasteiger charge is 2.11. The van der Waals surface area contributed by atoms with Crippen LogP contribution in [-0.2, 0) is 17.0 Å². The van der Waals surface area contributed by atoms with Gasteiger partial charge in [-0.1, -0.05) is 30.0 Å². The first-order valence-electron chi connectivity index (χ1n) is 7.89. The summed E-state index contributed by atoms with van der Waals surface area (Å²) in [5, 5.41) is 12.1. The molecule has 6 nitrogen and oxygen atoms in total. The zero-order valence-corrected chi connectivity index (χ0v) is 16.1. The fraction of sp³-hybridized carbons (Fsp3) is 0.222. The number of ether oxygens (including phenoxy) is 1. The second-order valence-electron chi connectivity index (χ2n) is 5.43. The second kappa shape index (κ2) is 8.29. The topological polar surface area (TPSA) is 69.9 Å². The number of carbonyl (C=O) groups is 1. The van der Waals surface area contributed by atoms with Gasteiger partial charge in [-0.2, -0.15) is 0 Å². The zero-order chi connectivity index (χ0) is 18.5. The molecule has 0 bridgehead atoms. The lowest BCUT2D eigenvalue weighted by atomic mass is 10.1. The van der Waals surface area contributed by atoms with Gasteiger partial charge < -0.3 is 9.30 Å². The second-order valence-corrected chi connectivity index (χ2v) is 7.23. The minimum Gasteiger partial charge on any atom is -0.465 e. The van der Waals surface area contributed by atoms with Crippen molar-refractivity contribution in [2.24, 2.45) is 0 Å². The van der Waals surface area contributed by atoms with Gasteiger partial charge in [0.2, 0.25) is 0 Å². The number of thiazole rings is 1. The highest BCUT2D eigenvalue weighted by Crippen LogP contribution is 2.28. The van der Waals surface area contributed by atoms with E-state index in [9.17, 15) is 4.79 Å². The molecule has 3 aromatic rings. The van der Waals surface area contributed by atoms with Crippen LogP contribution in [0.4, 0.5) is 0 Å². The highest BCUT2D eigenvalue weighted by atomic mass is 32.2. The van der Waals surface area contributed by atoms with Crippen LogP contribution in [-0.4, -0.2) is 32.8 Å². The third-order valence-electron chi connectivity index (χ3n) is 3.67. The highest BCUT2D eigenvalue weighted by molar-refractivity contribution is 7.98. The van der Waals surface area contributed by atoms with E-state index in [0.717, 1.165) is 27.2 Å². The summed E-state index contributed by atoms with van der Waals surface area (Å²) in [7, 11) is 1.37. The van der Waals surface area contributed by atoms with E-state index in [2.05, 4.69) is 21.8 Å². The molecule has 8 heteroatoms. The first-order valence-corrected chi connectivity index (χ1v) is 9.75. The van der Waals surface area contributed by atoms with Crippen LogP contribution >= 0.6 is 23.1 Å². The average molecular weight is 387 g/mol. The molecular weight excluding hydrogens is 368 g/mol. The molecule has 0 unspecified atom stereocenters. The number of thioether (sulfide) groups is 1. The fourth-order valence-electron chi connectivity index (χ4n) is 2.32. The minimum atomic E-state index is -0.341. The number of carbonyl (C=O) groups excluding carboxylic acids is 1. The molecule has 0 amide bonds. The molecule has 26 heavy (non-hydrogen) atoms. The maximum absolute atomic E-state index is 11.5. The van der Waals surface area contributed by atoms with Crippen LogP contribution in [0.5, 0.6) is 0 Å². The number of methoxy groups -OCH3 is 1. The van der Waals surface area contributed by atoms with Gasteiger partial charge in [0.25, 0.3) is 0 Å². The van der Waals surface area contributed by atoms with E-state index in [4.69, 9.17) is 4.74 Å². The van der Waals surface area contributed by atoms with Crippen LogP contribution in [0, 0.1) is 6.92 Å². The Labute approximate surface area is 159 Å². The first-order chi connectivity index (χ1) is 12.6. The third-order valence-corrected chi connectivity index (χ3v) is 5.61. The Morgan fingerprint density at radius 2 is 2.12 bits per heavy atom. The number of rotatable bonds is 7. The number of hydrogen-bond acceptors (Lipinski definition) is 7. The molecule has 0 atom stereocenters. The Morgan fingerprint density at radius 1 is 1.35 bits per heavy atom. The number of hydrogen-bond donors (Lipinski definition) is 0. The van der Waals surface area contributed by atoms with E-state index in [-0.39, 0.29) is 5.97 Å². The maximum atomic E-state index is 11.5. The molecule has 0 spiro atoms. The Balaban J connectivity index is 1.68. The van der Waals surface area contributed by atoms with Crippen LogP contribution in [0.15, 0.2) is 47.5 Å². The van der Waals surface area contributed by atoms with Gasteiger partial charge in [0.05, 0.1) is 18.4 Å². The van der Waals surface area contributed by atoms with Gasteiger partial charge in [-0.25, -0.2) is 9.78 Å². The van der Waals surface area contributed by atoms with Crippen molar-refractivity contribution in [1.82, 2.24) is 19.7 Å². The lowest BCUT2D eigenvalue weighted by Gasteiger charge is -2.04. The van der Waals surface area contributed by atoms with E-state index < -0.39 is 0 Å². The van der Waals surface area contributed by atoms with Gasteiger partial charge in [-0.05, 0) is 19.1 Å². The van der Waals surface area contributed by atoms with Crippen LogP contribution < -0.4 is 0 Å². The molecule has 2 heterocycles. The summed E-state index contributed by atoms with van der Waals surface area (Å²) in [6, 6.07) is 7.26. The van der Waals surface area contributed by atoms with Gasteiger partial charge in [-0.15, -0.1) is 28.1 Å². The van der Waals surface area contributed by atoms with Gasteiger partial charge in [0, 0.05) is 23.2 Å². The summed E-state index contributed by atoms with van der Waals surface area (Å²) in [4.78, 5) is 16.2. The van der Waals surface area contributed by atoms with Crippen LogP contribution in [0.25, 0.3) is 10.6 Å². The smallest absolute Gasteiger partial charge is 0.337 e. The molecular formula is C18H18N4O2S2. The molecule has 0 aliphatic rings. The molecule has 0 fully saturated rings. The largest absolute Gasteiger partial charge is 0.465 e. The summed E-state index contributed by atoms with van der Waals surface area (Å²) in [6.45, 7) is 6.39. The molecule has 2 aromatic heterocycles. The van der Waals surface area contributed by atoms with Crippen LogP contribution in [0.3, 0.4) is 0 Å². The lowest BCUT2D eigenvalue weighted by molar-refractivity contribution is 0.0601. The Bertz CT molecular complexity index is 916. The fourth-order valence-corrected chi connectivity index (χ4v) is 4.14. The number of aryl methyl sites for hydroxylation is 1. The number of aromatic nitrogens is 4. The van der Waals surface area contributed by atoms with Crippen molar-refractivity contribution >= 4 is 29.1 Å². The molecule has 0 radical (unpaired) electrons. The standard InChI is InChI=1S/C18H18N4O2S2/c1-4-9-22-12(2)20-21-18(22)26-11-15-10-25-16(19-15)13-5-7-14(8-6-13)17(23)24-3/h4-8,10H,1,9,11H2,2-3H3. The SMILES string of the molecule is C=CCn1c(C)nnc1SCc1csc(-c2ccc(C(=O)OC)cc2)n1. The summed E-state index contributed by atoms with van der Waals surface area (Å²) >= 11 is 3.18. The van der Waals surface area contributed by atoms with E-state index in [1.54, 1.807) is 35.2 Å². The predicted octanol–water partition coefficient (Wildman–Crippen LogP) is 3.97. The maximum Gasteiger partial charge on any atom is 0.337 e. The first kappa shape index (κ1) is 18.3. The number of nitrogens with zero attached hydrogens (tertiary/aromatic N) is 4. The molecule has 0 saturated heterocycles. The predicted molar refractivity (Wildman–Crippen MR) is 103 cm³/mol. The van der Waals surface area contributed by atoms with Gasteiger partial charge in [0.1, 0.15) is 10.8 Å². The number of allylic oxidation sites excluding steroid dienone is 1. The lowest BCUT2D eigenvalue weighted by Crippen LogP contribution is -2.00. The Morgan fingerprint density at radius 3 is 2.81 bits per heavy atom. The molecule has 0 aliphatic heterocycles.